The number of hydrogen-bond donors (Lipinski definition) is 3. The van der Waals surface area contributed by atoms with Crippen molar-refractivity contribution in [1.82, 2.24) is 5.32 Å². The Labute approximate surface area is 112 Å². The lowest BCUT2D eigenvalue weighted by Crippen LogP contribution is -2.37. The number of primary amides is 1. The fraction of sp³-hybridized carbons (Fsp3) is 0.385. The van der Waals surface area contributed by atoms with E-state index in [0.29, 0.717) is 6.42 Å². The molecule has 0 aliphatic carbocycles. The fourth-order valence-corrected chi connectivity index (χ4v) is 1.48. The van der Waals surface area contributed by atoms with Crippen LogP contribution in [0, 0.1) is 6.92 Å². The molecule has 0 saturated carbocycles. The normalized spacial score (nSPS) is 11.7. The van der Waals surface area contributed by atoms with E-state index < -0.39 is 12.0 Å². The summed E-state index contributed by atoms with van der Waals surface area (Å²) >= 11 is 0. The molecule has 0 radical (unpaired) electrons. The minimum atomic E-state index is -0.696. The third-order valence-electron chi connectivity index (χ3n) is 2.45. The Balaban J connectivity index is 2.27. The van der Waals surface area contributed by atoms with Crippen LogP contribution in [0.2, 0.25) is 0 Å². The maximum absolute atomic E-state index is 11.2. The van der Waals surface area contributed by atoms with E-state index in [1.54, 1.807) is 0 Å². The zero-order chi connectivity index (χ0) is 14.3. The molecular formula is C13H19N3O3. The van der Waals surface area contributed by atoms with Crippen molar-refractivity contribution in [3.05, 3.63) is 35.4 Å². The highest BCUT2D eigenvalue weighted by Gasteiger charge is 2.08. The van der Waals surface area contributed by atoms with Gasteiger partial charge in [0, 0.05) is 6.04 Å². The summed E-state index contributed by atoms with van der Waals surface area (Å²) in [6, 6.07) is 7.69. The van der Waals surface area contributed by atoms with Gasteiger partial charge in [0.2, 0.25) is 5.91 Å². The molecule has 19 heavy (non-hydrogen) atoms. The predicted octanol–water partition coefficient (Wildman–Crippen LogP) is 0.0763. The van der Waals surface area contributed by atoms with Crippen molar-refractivity contribution in [3.8, 4) is 0 Å². The van der Waals surface area contributed by atoms with Crippen molar-refractivity contribution in [2.75, 3.05) is 13.2 Å². The van der Waals surface area contributed by atoms with Crippen molar-refractivity contribution in [1.29, 1.82) is 0 Å². The zero-order valence-electron chi connectivity index (χ0n) is 10.9. The summed E-state index contributed by atoms with van der Waals surface area (Å²) in [5.41, 5.74) is 13.0. The number of amides is 2. The second kappa shape index (κ2) is 7.38. The van der Waals surface area contributed by atoms with Crippen molar-refractivity contribution in [2.24, 2.45) is 11.5 Å². The molecular weight excluding hydrogens is 246 g/mol. The SMILES string of the molecule is Cc1ccc(CC(N)COC(=O)NCC(N)=O)cc1. The number of benzene rings is 1. The van der Waals surface area contributed by atoms with Gasteiger partial charge in [0.05, 0.1) is 6.54 Å². The quantitative estimate of drug-likeness (QED) is 0.676. The summed E-state index contributed by atoms with van der Waals surface area (Å²) in [5.74, 6) is -0.624. The van der Waals surface area contributed by atoms with E-state index in [-0.39, 0.29) is 19.2 Å². The number of ether oxygens (including phenoxy) is 1. The second-order valence-electron chi connectivity index (χ2n) is 4.37. The van der Waals surface area contributed by atoms with E-state index in [9.17, 15) is 9.59 Å². The number of aryl methyl sites for hydroxylation is 1. The molecule has 1 rings (SSSR count). The maximum atomic E-state index is 11.2. The van der Waals surface area contributed by atoms with Gasteiger partial charge >= 0.3 is 6.09 Å². The lowest BCUT2D eigenvalue weighted by Gasteiger charge is -2.12. The number of alkyl carbamates (subject to hydrolysis) is 1. The summed E-state index contributed by atoms with van der Waals surface area (Å²) in [7, 11) is 0. The van der Waals surface area contributed by atoms with Crippen LogP contribution in [-0.4, -0.2) is 31.2 Å². The molecule has 0 saturated heterocycles. The Morgan fingerprint density at radius 2 is 1.95 bits per heavy atom. The standard InChI is InChI=1S/C13H19N3O3/c1-9-2-4-10(5-3-9)6-11(14)8-19-13(18)16-7-12(15)17/h2-5,11H,6-8,14H2,1H3,(H2,15,17)(H,16,18). The molecule has 0 spiro atoms. The first-order chi connectivity index (χ1) is 8.97. The van der Waals surface area contributed by atoms with Crippen LogP contribution in [0.1, 0.15) is 11.1 Å². The van der Waals surface area contributed by atoms with Gasteiger partial charge in [-0.15, -0.1) is 0 Å². The Morgan fingerprint density at radius 1 is 1.32 bits per heavy atom. The van der Waals surface area contributed by atoms with E-state index >= 15 is 0 Å². The van der Waals surface area contributed by atoms with Crippen LogP contribution in [0.25, 0.3) is 0 Å². The Hall–Kier alpha value is -2.08. The van der Waals surface area contributed by atoms with Gasteiger partial charge in [0.1, 0.15) is 6.61 Å². The summed E-state index contributed by atoms with van der Waals surface area (Å²) in [6.45, 7) is 1.85. The Bertz CT molecular complexity index is 431. The van der Waals surface area contributed by atoms with Crippen molar-refractivity contribution < 1.29 is 14.3 Å². The molecule has 5 N–H and O–H groups in total. The van der Waals surface area contributed by atoms with Gasteiger partial charge in [-0.25, -0.2) is 4.79 Å². The van der Waals surface area contributed by atoms with Gasteiger partial charge in [-0.3, -0.25) is 4.79 Å². The number of rotatable bonds is 6. The van der Waals surface area contributed by atoms with Crippen LogP contribution in [0.3, 0.4) is 0 Å². The third kappa shape index (κ3) is 6.42. The molecule has 1 aromatic rings. The highest BCUT2D eigenvalue weighted by molar-refractivity contribution is 5.80. The average Bonchev–Trinajstić information content (AvgIpc) is 2.36. The lowest BCUT2D eigenvalue weighted by atomic mass is 10.1. The van der Waals surface area contributed by atoms with E-state index in [4.69, 9.17) is 16.2 Å². The first kappa shape index (κ1) is 15.0. The first-order valence-corrected chi connectivity index (χ1v) is 5.97. The molecule has 0 heterocycles. The molecule has 1 aromatic carbocycles. The number of hydrogen-bond acceptors (Lipinski definition) is 4. The molecule has 0 aliphatic rings. The van der Waals surface area contributed by atoms with Crippen LogP contribution < -0.4 is 16.8 Å². The van der Waals surface area contributed by atoms with Crippen LogP contribution >= 0.6 is 0 Å². The van der Waals surface area contributed by atoms with E-state index in [1.165, 1.54) is 5.56 Å². The van der Waals surface area contributed by atoms with Crippen LogP contribution in [0.15, 0.2) is 24.3 Å². The smallest absolute Gasteiger partial charge is 0.407 e. The van der Waals surface area contributed by atoms with Crippen molar-refractivity contribution >= 4 is 12.0 Å². The van der Waals surface area contributed by atoms with E-state index in [2.05, 4.69) is 5.32 Å². The highest BCUT2D eigenvalue weighted by Crippen LogP contribution is 2.05. The van der Waals surface area contributed by atoms with Gasteiger partial charge in [0.15, 0.2) is 0 Å². The average molecular weight is 265 g/mol. The largest absolute Gasteiger partial charge is 0.448 e. The monoisotopic (exact) mass is 265 g/mol. The first-order valence-electron chi connectivity index (χ1n) is 5.97. The number of nitrogens with two attached hydrogens (primary N) is 2. The van der Waals surface area contributed by atoms with Crippen LogP contribution in [0.5, 0.6) is 0 Å². The van der Waals surface area contributed by atoms with Gasteiger partial charge in [-0.1, -0.05) is 29.8 Å². The predicted molar refractivity (Wildman–Crippen MR) is 71.4 cm³/mol. The number of carbonyl (C=O) groups is 2. The maximum Gasteiger partial charge on any atom is 0.407 e. The second-order valence-corrected chi connectivity index (χ2v) is 4.37. The Kier molecular flexibility index (Phi) is 5.81. The molecule has 0 fully saturated rings. The molecule has 0 aromatic heterocycles. The fourth-order valence-electron chi connectivity index (χ4n) is 1.48. The molecule has 6 nitrogen and oxygen atoms in total. The molecule has 1 unspecified atom stereocenters. The van der Waals surface area contributed by atoms with Crippen molar-refractivity contribution in [3.63, 3.8) is 0 Å². The molecule has 1 atom stereocenters. The van der Waals surface area contributed by atoms with Gasteiger partial charge < -0.3 is 21.5 Å². The highest BCUT2D eigenvalue weighted by atomic mass is 16.5. The minimum Gasteiger partial charge on any atom is -0.448 e. The summed E-state index contributed by atoms with van der Waals surface area (Å²) in [5, 5.41) is 2.22. The summed E-state index contributed by atoms with van der Waals surface area (Å²) in [4.78, 5) is 21.6. The molecule has 2 amide bonds. The van der Waals surface area contributed by atoms with Gasteiger partial charge in [0.25, 0.3) is 0 Å². The molecule has 0 aliphatic heterocycles. The summed E-state index contributed by atoms with van der Waals surface area (Å²) in [6.07, 6.45) is -0.0817. The molecule has 104 valence electrons. The van der Waals surface area contributed by atoms with Crippen molar-refractivity contribution in [2.45, 2.75) is 19.4 Å². The van der Waals surface area contributed by atoms with Crippen LogP contribution in [-0.2, 0) is 16.0 Å². The topological polar surface area (TPSA) is 107 Å². The molecule has 6 heteroatoms. The van der Waals surface area contributed by atoms with Gasteiger partial charge in [-0.2, -0.15) is 0 Å². The third-order valence-corrected chi connectivity index (χ3v) is 2.45. The zero-order valence-corrected chi connectivity index (χ0v) is 10.9. The summed E-state index contributed by atoms with van der Waals surface area (Å²) < 4.78 is 4.87. The number of carbonyl (C=O) groups excluding carboxylic acids is 2. The van der Waals surface area contributed by atoms with E-state index in [0.717, 1.165) is 5.56 Å². The number of nitrogens with one attached hydrogen (secondary N) is 1. The van der Waals surface area contributed by atoms with Crippen LogP contribution in [0.4, 0.5) is 4.79 Å². The minimum absolute atomic E-state index is 0.0818. The lowest BCUT2D eigenvalue weighted by molar-refractivity contribution is -0.117. The van der Waals surface area contributed by atoms with Gasteiger partial charge in [-0.05, 0) is 18.9 Å². The van der Waals surface area contributed by atoms with E-state index in [1.807, 2.05) is 31.2 Å². The Morgan fingerprint density at radius 3 is 2.53 bits per heavy atom. The molecule has 0 bridgehead atoms.